The minimum Gasteiger partial charge on any atom is -0.327 e. The maximum Gasteiger partial charge on any atom is 0.0137 e. The Balaban J connectivity index is 1.85. The molecule has 2 heteroatoms. The van der Waals surface area contributed by atoms with Crippen LogP contribution in [0.1, 0.15) is 12.8 Å². The third kappa shape index (κ3) is 3.27. The molecule has 0 saturated heterocycles. The van der Waals surface area contributed by atoms with E-state index in [1.54, 1.807) is 0 Å². The highest BCUT2D eigenvalue weighted by atomic mass is 14.9. The molecule has 1 fully saturated rings. The lowest BCUT2D eigenvalue weighted by atomic mass is 10.5. The fraction of sp³-hybridized carbons (Fsp3) is 0.714. The Morgan fingerprint density at radius 1 is 1.44 bits per heavy atom. The molecule has 0 aliphatic heterocycles. The molecular weight excluding hydrogens is 112 g/mol. The van der Waals surface area contributed by atoms with E-state index in [2.05, 4.69) is 11.4 Å². The molecule has 0 atom stereocenters. The summed E-state index contributed by atoms with van der Waals surface area (Å²) >= 11 is 0. The molecule has 0 aromatic carbocycles. The highest BCUT2D eigenvalue weighted by molar-refractivity contribution is 4.89. The SMILES string of the molecule is NC/C=C/CNC1CC1. The van der Waals surface area contributed by atoms with Gasteiger partial charge in [-0.1, -0.05) is 12.2 Å². The van der Waals surface area contributed by atoms with Gasteiger partial charge in [-0.2, -0.15) is 0 Å². The van der Waals surface area contributed by atoms with E-state index in [9.17, 15) is 0 Å². The molecule has 3 N–H and O–H groups in total. The zero-order chi connectivity index (χ0) is 6.53. The molecular formula is C7H14N2. The number of hydrogen-bond acceptors (Lipinski definition) is 2. The van der Waals surface area contributed by atoms with Crippen LogP contribution in [0.25, 0.3) is 0 Å². The van der Waals surface area contributed by atoms with E-state index >= 15 is 0 Å². The minimum atomic E-state index is 0.659. The second kappa shape index (κ2) is 3.64. The molecule has 0 unspecified atom stereocenters. The highest BCUT2D eigenvalue weighted by Crippen LogP contribution is 2.17. The Bertz CT molecular complexity index is 95.1. The molecule has 0 amide bonds. The molecule has 0 bridgehead atoms. The number of rotatable bonds is 4. The molecule has 52 valence electrons. The molecule has 0 aromatic rings. The maximum absolute atomic E-state index is 5.25. The van der Waals surface area contributed by atoms with Crippen LogP contribution in [-0.4, -0.2) is 19.1 Å². The van der Waals surface area contributed by atoms with Gasteiger partial charge < -0.3 is 11.1 Å². The Labute approximate surface area is 56.1 Å². The van der Waals surface area contributed by atoms with Gasteiger partial charge in [-0.05, 0) is 12.8 Å². The molecule has 0 heterocycles. The third-order valence-electron chi connectivity index (χ3n) is 1.40. The van der Waals surface area contributed by atoms with Gasteiger partial charge in [0.1, 0.15) is 0 Å². The largest absolute Gasteiger partial charge is 0.327 e. The average molecular weight is 126 g/mol. The van der Waals surface area contributed by atoms with Gasteiger partial charge in [0.15, 0.2) is 0 Å². The van der Waals surface area contributed by atoms with E-state index in [0.717, 1.165) is 12.6 Å². The molecule has 2 nitrogen and oxygen atoms in total. The first-order valence-electron chi connectivity index (χ1n) is 3.52. The Hall–Kier alpha value is -0.340. The van der Waals surface area contributed by atoms with Crippen LogP contribution in [0, 0.1) is 0 Å². The van der Waals surface area contributed by atoms with Crippen molar-refractivity contribution in [3.8, 4) is 0 Å². The summed E-state index contributed by atoms with van der Waals surface area (Å²) < 4.78 is 0. The van der Waals surface area contributed by atoms with Gasteiger partial charge >= 0.3 is 0 Å². The minimum absolute atomic E-state index is 0.659. The van der Waals surface area contributed by atoms with Gasteiger partial charge in [0.25, 0.3) is 0 Å². The quantitative estimate of drug-likeness (QED) is 0.530. The molecule has 0 spiro atoms. The van der Waals surface area contributed by atoms with Gasteiger partial charge in [0, 0.05) is 19.1 Å². The van der Waals surface area contributed by atoms with Gasteiger partial charge in [-0.3, -0.25) is 0 Å². The van der Waals surface area contributed by atoms with Crippen molar-refractivity contribution >= 4 is 0 Å². The predicted octanol–water partition coefficient (Wildman–Crippen LogP) is 0.253. The van der Waals surface area contributed by atoms with E-state index < -0.39 is 0 Å². The van der Waals surface area contributed by atoms with Crippen molar-refractivity contribution in [2.75, 3.05) is 13.1 Å². The predicted molar refractivity (Wildman–Crippen MR) is 39.2 cm³/mol. The van der Waals surface area contributed by atoms with E-state index in [0.29, 0.717) is 6.54 Å². The first-order valence-corrected chi connectivity index (χ1v) is 3.52. The molecule has 1 aliphatic carbocycles. The van der Waals surface area contributed by atoms with Crippen molar-refractivity contribution in [3.05, 3.63) is 12.2 Å². The van der Waals surface area contributed by atoms with E-state index in [4.69, 9.17) is 5.73 Å². The van der Waals surface area contributed by atoms with Crippen molar-refractivity contribution in [1.82, 2.24) is 5.32 Å². The zero-order valence-corrected chi connectivity index (χ0v) is 5.64. The molecule has 1 saturated carbocycles. The van der Waals surface area contributed by atoms with Crippen molar-refractivity contribution < 1.29 is 0 Å². The first-order chi connectivity index (χ1) is 4.43. The van der Waals surface area contributed by atoms with Crippen LogP contribution in [0.3, 0.4) is 0 Å². The topological polar surface area (TPSA) is 38.0 Å². The zero-order valence-electron chi connectivity index (χ0n) is 5.64. The van der Waals surface area contributed by atoms with Crippen LogP contribution in [0.2, 0.25) is 0 Å². The second-order valence-electron chi connectivity index (χ2n) is 2.39. The fourth-order valence-electron chi connectivity index (χ4n) is 0.702. The molecule has 1 rings (SSSR count). The van der Waals surface area contributed by atoms with Crippen LogP contribution in [0.5, 0.6) is 0 Å². The second-order valence-corrected chi connectivity index (χ2v) is 2.39. The van der Waals surface area contributed by atoms with E-state index in [-0.39, 0.29) is 0 Å². The summed E-state index contributed by atoms with van der Waals surface area (Å²) in [4.78, 5) is 0. The summed E-state index contributed by atoms with van der Waals surface area (Å²) in [5.74, 6) is 0. The van der Waals surface area contributed by atoms with Gasteiger partial charge in [-0.25, -0.2) is 0 Å². The smallest absolute Gasteiger partial charge is 0.0137 e. The van der Waals surface area contributed by atoms with E-state index in [1.807, 2.05) is 6.08 Å². The number of nitrogens with two attached hydrogens (primary N) is 1. The number of nitrogens with one attached hydrogen (secondary N) is 1. The molecule has 0 radical (unpaired) electrons. The van der Waals surface area contributed by atoms with Gasteiger partial charge in [-0.15, -0.1) is 0 Å². The van der Waals surface area contributed by atoms with Crippen molar-refractivity contribution in [2.45, 2.75) is 18.9 Å². The van der Waals surface area contributed by atoms with Crippen molar-refractivity contribution in [1.29, 1.82) is 0 Å². The normalized spacial score (nSPS) is 19.2. The summed E-state index contributed by atoms with van der Waals surface area (Å²) in [6, 6.07) is 0.812. The lowest BCUT2D eigenvalue weighted by molar-refractivity contribution is 0.752. The lowest BCUT2D eigenvalue weighted by Crippen LogP contribution is -2.15. The summed E-state index contributed by atoms with van der Waals surface area (Å²) in [6.45, 7) is 1.65. The lowest BCUT2D eigenvalue weighted by Gasteiger charge is -1.93. The first kappa shape index (κ1) is 6.78. The fourth-order valence-corrected chi connectivity index (χ4v) is 0.702. The standard InChI is InChI=1S/C7H14N2/c8-5-1-2-6-9-7-3-4-7/h1-2,7,9H,3-6,8H2/b2-1+. The summed E-state index contributed by atoms with van der Waals surface area (Å²) in [5.41, 5.74) is 5.25. The summed E-state index contributed by atoms with van der Waals surface area (Å²) in [7, 11) is 0. The third-order valence-corrected chi connectivity index (χ3v) is 1.40. The Morgan fingerprint density at radius 2 is 2.22 bits per heavy atom. The van der Waals surface area contributed by atoms with Crippen molar-refractivity contribution in [2.24, 2.45) is 5.73 Å². The highest BCUT2D eigenvalue weighted by Gasteiger charge is 2.18. The summed E-state index contributed by atoms with van der Waals surface area (Å²) in [6.07, 6.45) is 6.78. The van der Waals surface area contributed by atoms with Crippen LogP contribution >= 0.6 is 0 Å². The van der Waals surface area contributed by atoms with Crippen LogP contribution < -0.4 is 11.1 Å². The van der Waals surface area contributed by atoms with Gasteiger partial charge in [0.05, 0.1) is 0 Å². The van der Waals surface area contributed by atoms with Gasteiger partial charge in [0.2, 0.25) is 0 Å². The van der Waals surface area contributed by atoms with Crippen LogP contribution in [0.15, 0.2) is 12.2 Å². The van der Waals surface area contributed by atoms with Crippen molar-refractivity contribution in [3.63, 3.8) is 0 Å². The monoisotopic (exact) mass is 126 g/mol. The number of hydrogen-bond donors (Lipinski definition) is 2. The Kier molecular flexibility index (Phi) is 2.74. The molecule has 9 heavy (non-hydrogen) atoms. The van der Waals surface area contributed by atoms with Crippen LogP contribution in [-0.2, 0) is 0 Å². The summed E-state index contributed by atoms with van der Waals surface area (Å²) in [5, 5.41) is 3.35. The van der Waals surface area contributed by atoms with Crippen LogP contribution in [0.4, 0.5) is 0 Å². The Morgan fingerprint density at radius 3 is 2.78 bits per heavy atom. The van der Waals surface area contributed by atoms with E-state index in [1.165, 1.54) is 12.8 Å². The molecule has 0 aromatic heterocycles. The molecule has 1 aliphatic rings. The maximum atomic E-state index is 5.25. The average Bonchev–Trinajstić information content (AvgIpc) is 2.63.